The highest BCUT2D eigenvalue weighted by Gasteiger charge is 2.48. The van der Waals surface area contributed by atoms with Crippen molar-refractivity contribution in [2.24, 2.45) is 0 Å². The molecule has 0 radical (unpaired) electrons. The SMILES string of the molecule is C1=Cc2ccccc2C2(c3ccccc31)c1ccccc1-c1ccc(N(c3ccc(-c4ccccc4)cc3)c3ccccc3-c3ccccc3)cc12. The molecule has 0 saturated carbocycles. The van der Waals surface area contributed by atoms with Crippen molar-refractivity contribution in [2.45, 2.75) is 5.41 Å². The van der Waals surface area contributed by atoms with Gasteiger partial charge in [-0.1, -0.05) is 182 Å². The third-order valence-electron chi connectivity index (χ3n) is 10.9. The number of para-hydroxylation sites is 1. The van der Waals surface area contributed by atoms with Crippen molar-refractivity contribution in [3.05, 3.63) is 234 Å². The van der Waals surface area contributed by atoms with Crippen LogP contribution in [0.4, 0.5) is 17.1 Å². The maximum atomic E-state index is 2.47. The number of nitrogens with zero attached hydrogens (tertiary/aromatic N) is 1. The van der Waals surface area contributed by atoms with Gasteiger partial charge in [-0.15, -0.1) is 0 Å². The van der Waals surface area contributed by atoms with Crippen molar-refractivity contribution in [2.75, 3.05) is 4.90 Å². The van der Waals surface area contributed by atoms with Gasteiger partial charge in [0.25, 0.3) is 0 Å². The number of hydrogen-bond acceptors (Lipinski definition) is 1. The van der Waals surface area contributed by atoms with Crippen molar-refractivity contribution in [1.29, 1.82) is 0 Å². The summed E-state index contributed by atoms with van der Waals surface area (Å²) in [6.45, 7) is 0. The average molecular weight is 662 g/mol. The minimum Gasteiger partial charge on any atom is -0.310 e. The largest absolute Gasteiger partial charge is 0.310 e. The van der Waals surface area contributed by atoms with Gasteiger partial charge in [-0.2, -0.15) is 0 Å². The van der Waals surface area contributed by atoms with Gasteiger partial charge in [0.2, 0.25) is 0 Å². The highest BCUT2D eigenvalue weighted by Crippen LogP contribution is 2.59. The van der Waals surface area contributed by atoms with Crippen LogP contribution in [0.2, 0.25) is 0 Å². The van der Waals surface area contributed by atoms with Crippen LogP contribution in [0.15, 0.2) is 200 Å². The van der Waals surface area contributed by atoms with E-state index >= 15 is 0 Å². The lowest BCUT2D eigenvalue weighted by atomic mass is 9.66. The van der Waals surface area contributed by atoms with Gasteiger partial charge in [-0.25, -0.2) is 0 Å². The lowest BCUT2D eigenvalue weighted by Gasteiger charge is -2.36. The summed E-state index contributed by atoms with van der Waals surface area (Å²) in [4.78, 5) is 2.45. The molecule has 10 rings (SSSR count). The van der Waals surface area contributed by atoms with E-state index in [1.807, 2.05) is 0 Å². The molecule has 2 aliphatic rings. The summed E-state index contributed by atoms with van der Waals surface area (Å²) in [5, 5.41) is 0. The summed E-state index contributed by atoms with van der Waals surface area (Å²) >= 11 is 0. The molecule has 2 aliphatic carbocycles. The van der Waals surface area contributed by atoms with Gasteiger partial charge in [0, 0.05) is 16.9 Å². The first kappa shape index (κ1) is 30.2. The van der Waals surface area contributed by atoms with Crippen LogP contribution in [0, 0.1) is 0 Å². The lowest BCUT2D eigenvalue weighted by molar-refractivity contribution is 0.766. The van der Waals surface area contributed by atoms with Gasteiger partial charge in [-0.3, -0.25) is 0 Å². The fraction of sp³-hybridized carbons (Fsp3) is 0.0196. The Morgan fingerprint density at radius 1 is 0.308 bits per heavy atom. The van der Waals surface area contributed by atoms with E-state index in [2.05, 4.69) is 217 Å². The van der Waals surface area contributed by atoms with Crippen molar-refractivity contribution in [3.8, 4) is 33.4 Å². The van der Waals surface area contributed by atoms with E-state index in [4.69, 9.17) is 0 Å². The molecule has 1 heteroatoms. The second-order valence-corrected chi connectivity index (χ2v) is 13.7. The third kappa shape index (κ3) is 4.63. The smallest absolute Gasteiger partial charge is 0.0725 e. The van der Waals surface area contributed by atoms with E-state index < -0.39 is 5.41 Å². The van der Waals surface area contributed by atoms with Crippen molar-refractivity contribution >= 4 is 29.2 Å². The molecule has 8 aromatic rings. The molecule has 0 bridgehead atoms. The van der Waals surface area contributed by atoms with Crippen molar-refractivity contribution < 1.29 is 0 Å². The maximum absolute atomic E-state index is 2.47. The minimum atomic E-state index is -0.500. The van der Waals surface area contributed by atoms with Crippen LogP contribution >= 0.6 is 0 Å². The van der Waals surface area contributed by atoms with Gasteiger partial charge < -0.3 is 4.90 Å². The van der Waals surface area contributed by atoms with E-state index in [0.717, 1.165) is 17.1 Å². The molecular formula is C51H35N. The topological polar surface area (TPSA) is 3.24 Å². The number of anilines is 3. The number of rotatable bonds is 5. The summed E-state index contributed by atoms with van der Waals surface area (Å²) in [7, 11) is 0. The molecule has 0 aromatic heterocycles. The summed E-state index contributed by atoms with van der Waals surface area (Å²) in [6, 6.07) is 73.3. The second-order valence-electron chi connectivity index (χ2n) is 13.7. The molecule has 52 heavy (non-hydrogen) atoms. The Balaban J connectivity index is 1.25. The molecule has 0 unspecified atom stereocenters. The Labute approximate surface area is 305 Å². The van der Waals surface area contributed by atoms with E-state index in [1.165, 1.54) is 66.8 Å². The molecule has 0 fully saturated rings. The van der Waals surface area contributed by atoms with Crippen molar-refractivity contribution in [1.82, 2.24) is 0 Å². The van der Waals surface area contributed by atoms with Crippen LogP contribution in [-0.2, 0) is 5.41 Å². The highest BCUT2D eigenvalue weighted by atomic mass is 15.1. The zero-order chi connectivity index (χ0) is 34.5. The standard InChI is InChI=1S/C51H35N/c1-3-15-36(16-4-1)37-29-31-41(32-30-37)52(50-26-14-10-21-43(50)38-17-5-2-6-18-38)42-33-34-45-44-22-9-13-25-48(44)51(49(45)35-42)46-23-11-7-19-39(46)27-28-40-20-8-12-24-47(40)51/h1-35H. The average Bonchev–Trinajstić information content (AvgIpc) is 3.42. The predicted molar refractivity (Wildman–Crippen MR) is 218 cm³/mol. The molecule has 0 saturated heterocycles. The monoisotopic (exact) mass is 661 g/mol. The normalized spacial score (nSPS) is 13.1. The zero-order valence-electron chi connectivity index (χ0n) is 28.7. The highest BCUT2D eigenvalue weighted by molar-refractivity contribution is 5.94. The second kappa shape index (κ2) is 12.3. The minimum absolute atomic E-state index is 0.500. The molecule has 0 heterocycles. The molecular weight excluding hydrogens is 627 g/mol. The fourth-order valence-corrected chi connectivity index (χ4v) is 8.67. The molecule has 0 N–H and O–H groups in total. The molecule has 0 aliphatic heterocycles. The van der Waals surface area contributed by atoms with Crippen molar-refractivity contribution in [3.63, 3.8) is 0 Å². The number of benzene rings is 8. The molecule has 1 nitrogen and oxygen atoms in total. The van der Waals surface area contributed by atoms with E-state index in [1.54, 1.807) is 0 Å². The first-order valence-electron chi connectivity index (χ1n) is 18.0. The van der Waals surface area contributed by atoms with Gasteiger partial charge in [-0.05, 0) is 91.5 Å². The maximum Gasteiger partial charge on any atom is 0.0725 e. The van der Waals surface area contributed by atoms with Gasteiger partial charge in [0.15, 0.2) is 0 Å². The summed E-state index contributed by atoms with van der Waals surface area (Å²) in [5.41, 5.74) is 17.9. The van der Waals surface area contributed by atoms with Crippen LogP contribution in [0.3, 0.4) is 0 Å². The first-order valence-corrected chi connectivity index (χ1v) is 18.0. The fourth-order valence-electron chi connectivity index (χ4n) is 8.67. The van der Waals surface area contributed by atoms with E-state index in [9.17, 15) is 0 Å². The molecule has 1 spiro atoms. The Morgan fingerprint density at radius 3 is 1.46 bits per heavy atom. The van der Waals surface area contributed by atoms with Crippen LogP contribution in [0.25, 0.3) is 45.5 Å². The quantitative estimate of drug-likeness (QED) is 0.177. The number of fused-ring (bicyclic) bond motifs is 9. The van der Waals surface area contributed by atoms with Crippen LogP contribution in [0.1, 0.15) is 33.4 Å². The Kier molecular flexibility index (Phi) is 7.11. The molecule has 244 valence electrons. The first-order chi connectivity index (χ1) is 25.8. The van der Waals surface area contributed by atoms with E-state index in [0.29, 0.717) is 0 Å². The zero-order valence-corrected chi connectivity index (χ0v) is 28.7. The summed E-state index contributed by atoms with van der Waals surface area (Å²) in [6.07, 6.45) is 4.59. The molecule has 8 aromatic carbocycles. The van der Waals surface area contributed by atoms with Gasteiger partial charge in [0.05, 0.1) is 11.1 Å². The summed E-state index contributed by atoms with van der Waals surface area (Å²) in [5.74, 6) is 0. The van der Waals surface area contributed by atoms with Gasteiger partial charge >= 0.3 is 0 Å². The summed E-state index contributed by atoms with van der Waals surface area (Å²) < 4.78 is 0. The Bertz CT molecular complexity index is 2570. The third-order valence-corrected chi connectivity index (χ3v) is 10.9. The van der Waals surface area contributed by atoms with Crippen LogP contribution < -0.4 is 4.90 Å². The molecule has 0 atom stereocenters. The molecule has 0 amide bonds. The van der Waals surface area contributed by atoms with Gasteiger partial charge in [0.1, 0.15) is 0 Å². The Hall–Kier alpha value is -6.70. The lowest BCUT2D eigenvalue weighted by Crippen LogP contribution is -2.30. The van der Waals surface area contributed by atoms with E-state index in [-0.39, 0.29) is 0 Å². The Morgan fingerprint density at radius 2 is 0.788 bits per heavy atom. The predicted octanol–water partition coefficient (Wildman–Crippen LogP) is 13.3. The van der Waals surface area contributed by atoms with Crippen LogP contribution in [0.5, 0.6) is 0 Å². The van der Waals surface area contributed by atoms with Crippen LogP contribution in [-0.4, -0.2) is 0 Å². The number of hydrogen-bond donors (Lipinski definition) is 0.